The number of rotatable bonds is 4. The molecule has 100 valence electrons. The Hall–Kier alpha value is -0.900. The minimum absolute atomic E-state index is 0.331. The Balaban J connectivity index is 1.96. The molecule has 1 atom stereocenters. The number of aliphatic hydroxyl groups is 1. The highest BCUT2D eigenvalue weighted by atomic mass is 16.3. The van der Waals surface area contributed by atoms with Crippen molar-refractivity contribution >= 4 is 0 Å². The van der Waals surface area contributed by atoms with Gasteiger partial charge in [0.2, 0.25) is 0 Å². The van der Waals surface area contributed by atoms with Gasteiger partial charge in [-0.2, -0.15) is 0 Å². The van der Waals surface area contributed by atoms with Gasteiger partial charge in [-0.3, -0.25) is 4.90 Å². The van der Waals surface area contributed by atoms with Gasteiger partial charge in [-0.05, 0) is 43.9 Å². The Labute approximate surface area is 110 Å². The lowest BCUT2D eigenvalue weighted by molar-refractivity contribution is 0.0468. The standard InChI is InChI=1S/C15H24N2O/c1-15(18,12-16)8-10-17-9-4-7-13-5-2-3-6-14(13)11-17/h2-3,5-6,18H,4,7-12,16H2,1H3. The van der Waals surface area contributed by atoms with Crippen molar-refractivity contribution in [3.05, 3.63) is 35.4 Å². The molecule has 0 saturated carbocycles. The van der Waals surface area contributed by atoms with Gasteiger partial charge in [0.15, 0.2) is 0 Å². The third kappa shape index (κ3) is 3.55. The average Bonchev–Trinajstić information content (AvgIpc) is 2.58. The van der Waals surface area contributed by atoms with Gasteiger partial charge in [0.05, 0.1) is 5.60 Å². The van der Waals surface area contributed by atoms with Gasteiger partial charge in [0, 0.05) is 19.6 Å². The van der Waals surface area contributed by atoms with Crippen molar-refractivity contribution in [3.8, 4) is 0 Å². The highest BCUT2D eigenvalue weighted by molar-refractivity contribution is 5.27. The maximum Gasteiger partial charge on any atom is 0.0753 e. The second-order valence-electron chi connectivity index (χ2n) is 5.60. The molecule has 0 bridgehead atoms. The molecule has 0 fully saturated rings. The van der Waals surface area contributed by atoms with Gasteiger partial charge in [0.25, 0.3) is 0 Å². The summed E-state index contributed by atoms with van der Waals surface area (Å²) in [6.07, 6.45) is 3.10. The van der Waals surface area contributed by atoms with Crippen LogP contribution in [-0.4, -0.2) is 35.2 Å². The molecule has 0 aromatic heterocycles. The molecule has 0 amide bonds. The third-order valence-corrected chi connectivity index (χ3v) is 3.84. The summed E-state index contributed by atoms with van der Waals surface area (Å²) in [4.78, 5) is 2.43. The lowest BCUT2D eigenvalue weighted by atomic mass is 10.0. The monoisotopic (exact) mass is 248 g/mol. The minimum Gasteiger partial charge on any atom is -0.389 e. The van der Waals surface area contributed by atoms with E-state index in [1.54, 1.807) is 0 Å². The molecule has 2 rings (SSSR count). The van der Waals surface area contributed by atoms with E-state index < -0.39 is 5.60 Å². The van der Waals surface area contributed by atoms with Gasteiger partial charge in [-0.1, -0.05) is 24.3 Å². The first-order valence-corrected chi connectivity index (χ1v) is 6.82. The average molecular weight is 248 g/mol. The first-order valence-electron chi connectivity index (χ1n) is 6.82. The van der Waals surface area contributed by atoms with Gasteiger partial charge >= 0.3 is 0 Å². The molecule has 1 aliphatic rings. The fraction of sp³-hybridized carbons (Fsp3) is 0.600. The van der Waals surface area contributed by atoms with Crippen molar-refractivity contribution in [2.45, 2.75) is 38.3 Å². The minimum atomic E-state index is -0.730. The molecule has 18 heavy (non-hydrogen) atoms. The summed E-state index contributed by atoms with van der Waals surface area (Å²) in [5.74, 6) is 0. The SMILES string of the molecule is CC(O)(CN)CCN1CCCc2ccccc2C1. The van der Waals surface area contributed by atoms with Crippen LogP contribution in [-0.2, 0) is 13.0 Å². The summed E-state index contributed by atoms with van der Waals surface area (Å²) in [6.45, 7) is 5.17. The highest BCUT2D eigenvalue weighted by Gasteiger charge is 2.20. The van der Waals surface area contributed by atoms with Crippen molar-refractivity contribution in [3.63, 3.8) is 0 Å². The van der Waals surface area contributed by atoms with Crippen LogP contribution < -0.4 is 5.73 Å². The molecule has 3 heteroatoms. The van der Waals surface area contributed by atoms with E-state index in [2.05, 4.69) is 29.2 Å². The van der Waals surface area contributed by atoms with Crippen molar-refractivity contribution in [2.75, 3.05) is 19.6 Å². The number of fused-ring (bicyclic) bond motifs is 1. The van der Waals surface area contributed by atoms with E-state index in [0.29, 0.717) is 6.54 Å². The number of hydrogen-bond donors (Lipinski definition) is 2. The Kier molecular flexibility index (Phi) is 4.38. The maximum atomic E-state index is 9.97. The molecular weight excluding hydrogens is 224 g/mol. The fourth-order valence-electron chi connectivity index (χ4n) is 2.46. The molecule has 0 radical (unpaired) electrons. The number of hydrogen-bond acceptors (Lipinski definition) is 3. The van der Waals surface area contributed by atoms with Crippen LogP contribution in [0.15, 0.2) is 24.3 Å². The zero-order valence-corrected chi connectivity index (χ0v) is 11.2. The van der Waals surface area contributed by atoms with Gasteiger partial charge < -0.3 is 10.8 Å². The topological polar surface area (TPSA) is 49.5 Å². The van der Waals surface area contributed by atoms with Crippen molar-refractivity contribution in [1.29, 1.82) is 0 Å². The molecule has 1 heterocycles. The Morgan fingerprint density at radius 2 is 2.06 bits per heavy atom. The zero-order valence-electron chi connectivity index (χ0n) is 11.2. The van der Waals surface area contributed by atoms with Crippen LogP contribution in [0.25, 0.3) is 0 Å². The molecule has 3 nitrogen and oxygen atoms in total. The first-order chi connectivity index (χ1) is 8.61. The molecule has 1 unspecified atom stereocenters. The lowest BCUT2D eigenvalue weighted by Gasteiger charge is -2.26. The third-order valence-electron chi connectivity index (χ3n) is 3.84. The summed E-state index contributed by atoms with van der Waals surface area (Å²) >= 11 is 0. The van der Waals surface area contributed by atoms with Gasteiger partial charge in [-0.15, -0.1) is 0 Å². The molecule has 1 aliphatic heterocycles. The molecular formula is C15H24N2O. The van der Waals surface area contributed by atoms with E-state index in [0.717, 1.165) is 26.1 Å². The summed E-state index contributed by atoms with van der Waals surface area (Å²) in [5.41, 5.74) is 7.74. The van der Waals surface area contributed by atoms with E-state index in [9.17, 15) is 5.11 Å². The van der Waals surface area contributed by atoms with Crippen molar-refractivity contribution < 1.29 is 5.11 Å². The van der Waals surface area contributed by atoms with Gasteiger partial charge in [0.1, 0.15) is 0 Å². The predicted molar refractivity (Wildman–Crippen MR) is 74.3 cm³/mol. The lowest BCUT2D eigenvalue weighted by Crippen LogP contribution is -2.38. The normalized spacial score (nSPS) is 19.9. The fourth-order valence-corrected chi connectivity index (χ4v) is 2.46. The Morgan fingerprint density at radius 3 is 2.78 bits per heavy atom. The molecule has 0 aliphatic carbocycles. The number of nitrogens with zero attached hydrogens (tertiary/aromatic N) is 1. The summed E-state index contributed by atoms with van der Waals surface area (Å²) in [5, 5.41) is 9.97. The van der Waals surface area contributed by atoms with Gasteiger partial charge in [-0.25, -0.2) is 0 Å². The zero-order chi connectivity index (χ0) is 13.0. The van der Waals surface area contributed by atoms with E-state index >= 15 is 0 Å². The van der Waals surface area contributed by atoms with Crippen LogP contribution in [0.5, 0.6) is 0 Å². The van der Waals surface area contributed by atoms with Crippen molar-refractivity contribution in [1.82, 2.24) is 4.90 Å². The van der Waals surface area contributed by atoms with Crippen LogP contribution in [0.3, 0.4) is 0 Å². The number of aryl methyl sites for hydroxylation is 1. The van der Waals surface area contributed by atoms with Crippen LogP contribution in [0.2, 0.25) is 0 Å². The summed E-state index contributed by atoms with van der Waals surface area (Å²) < 4.78 is 0. The molecule has 0 saturated heterocycles. The number of benzene rings is 1. The molecule has 1 aromatic carbocycles. The van der Waals surface area contributed by atoms with Crippen LogP contribution >= 0.6 is 0 Å². The van der Waals surface area contributed by atoms with E-state index in [1.807, 2.05) is 6.92 Å². The Bertz CT molecular complexity index is 390. The van der Waals surface area contributed by atoms with E-state index in [4.69, 9.17) is 5.73 Å². The first kappa shape index (κ1) is 13.5. The van der Waals surface area contributed by atoms with E-state index in [-0.39, 0.29) is 0 Å². The van der Waals surface area contributed by atoms with E-state index in [1.165, 1.54) is 24.0 Å². The highest BCUT2D eigenvalue weighted by Crippen LogP contribution is 2.19. The second-order valence-corrected chi connectivity index (χ2v) is 5.60. The van der Waals surface area contributed by atoms with Crippen LogP contribution in [0, 0.1) is 0 Å². The molecule has 0 spiro atoms. The molecule has 1 aromatic rings. The van der Waals surface area contributed by atoms with Crippen LogP contribution in [0.4, 0.5) is 0 Å². The summed E-state index contributed by atoms with van der Waals surface area (Å²) in [6, 6.07) is 8.68. The second kappa shape index (κ2) is 5.83. The summed E-state index contributed by atoms with van der Waals surface area (Å²) in [7, 11) is 0. The smallest absolute Gasteiger partial charge is 0.0753 e. The largest absolute Gasteiger partial charge is 0.389 e. The Morgan fingerprint density at radius 1 is 1.33 bits per heavy atom. The van der Waals surface area contributed by atoms with Crippen molar-refractivity contribution in [2.24, 2.45) is 5.73 Å². The number of nitrogens with two attached hydrogens (primary N) is 1. The molecule has 3 N–H and O–H groups in total. The predicted octanol–water partition coefficient (Wildman–Crippen LogP) is 1.53. The van der Waals surface area contributed by atoms with Crippen LogP contribution in [0.1, 0.15) is 30.9 Å². The quantitative estimate of drug-likeness (QED) is 0.849. The maximum absolute atomic E-state index is 9.97.